The summed E-state index contributed by atoms with van der Waals surface area (Å²) in [6.45, 7) is 3.96. The molecule has 2 atom stereocenters. The maximum absolute atomic E-state index is 13.5. The van der Waals surface area contributed by atoms with E-state index in [9.17, 15) is 31.5 Å². The fourth-order valence-corrected chi connectivity index (χ4v) is 6.02. The molecule has 8 nitrogen and oxygen atoms in total. The number of hydrogen-bond acceptors (Lipinski definition) is 6. The zero-order valence-corrected chi connectivity index (χ0v) is 28.4. The number of ether oxygens (including phenoxy) is 2. The monoisotopic (exact) mass is 724 g/mol. The number of benzene rings is 4. The molecule has 0 radical (unpaired) electrons. The number of alkyl halides is 3. The van der Waals surface area contributed by atoms with E-state index in [4.69, 9.17) is 9.47 Å². The molecule has 2 amide bonds. The van der Waals surface area contributed by atoms with Crippen molar-refractivity contribution in [3.05, 3.63) is 130 Å². The quantitative estimate of drug-likeness (QED) is 0.123. The van der Waals surface area contributed by atoms with Crippen LogP contribution in [0.25, 0.3) is 0 Å². The van der Waals surface area contributed by atoms with E-state index in [1.165, 1.54) is 17.2 Å². The SMILES string of the molecule is O=C(Nc1ccc(C2CCNC2)cc1)OCCc1cc(F)ccc1F.O=C(Nc1ccc(C2CCNC2)cc1)OCCc1cccc(C(F)(F)F)c1. The second-order valence-corrected chi connectivity index (χ2v) is 12.6. The van der Waals surface area contributed by atoms with Crippen LogP contribution in [-0.2, 0) is 28.5 Å². The van der Waals surface area contributed by atoms with Crippen LogP contribution in [0.15, 0.2) is 91.0 Å². The third kappa shape index (κ3) is 11.8. The van der Waals surface area contributed by atoms with Crippen molar-refractivity contribution < 1.29 is 41.0 Å². The Hall–Kier alpha value is -5.01. The van der Waals surface area contributed by atoms with Crippen molar-refractivity contribution in [1.82, 2.24) is 10.6 Å². The van der Waals surface area contributed by atoms with Gasteiger partial charge in [-0.3, -0.25) is 10.6 Å². The first-order valence-electron chi connectivity index (χ1n) is 17.1. The predicted octanol–water partition coefficient (Wildman–Crippen LogP) is 8.41. The van der Waals surface area contributed by atoms with Crippen molar-refractivity contribution in [2.45, 2.75) is 43.7 Å². The lowest BCUT2D eigenvalue weighted by molar-refractivity contribution is -0.137. The number of amides is 2. The first kappa shape index (κ1) is 38.2. The highest BCUT2D eigenvalue weighted by atomic mass is 19.4. The first-order valence-corrected chi connectivity index (χ1v) is 17.1. The van der Waals surface area contributed by atoms with Gasteiger partial charge in [0.25, 0.3) is 0 Å². The van der Waals surface area contributed by atoms with Crippen LogP contribution in [-0.4, -0.2) is 51.6 Å². The molecule has 4 aromatic rings. The van der Waals surface area contributed by atoms with Crippen molar-refractivity contribution in [2.24, 2.45) is 0 Å². The number of nitrogens with one attached hydrogen (secondary N) is 4. The fraction of sp³-hybridized carbons (Fsp3) is 0.333. The van der Waals surface area contributed by atoms with Gasteiger partial charge in [-0.15, -0.1) is 0 Å². The van der Waals surface area contributed by atoms with E-state index in [2.05, 4.69) is 21.3 Å². The second-order valence-electron chi connectivity index (χ2n) is 12.6. The normalized spacial score (nSPS) is 16.8. The molecular weight excluding hydrogens is 683 g/mol. The van der Waals surface area contributed by atoms with Crippen LogP contribution < -0.4 is 21.3 Å². The largest absolute Gasteiger partial charge is 0.449 e. The first-order chi connectivity index (χ1) is 25.0. The lowest BCUT2D eigenvalue weighted by Gasteiger charge is -2.11. The van der Waals surface area contributed by atoms with E-state index in [1.807, 2.05) is 48.5 Å². The number of carbonyl (C=O) groups is 2. The Bertz CT molecular complexity index is 1760. The number of rotatable bonds is 10. The molecule has 0 aromatic heterocycles. The van der Waals surface area contributed by atoms with Crippen LogP contribution >= 0.6 is 0 Å². The van der Waals surface area contributed by atoms with Crippen molar-refractivity contribution in [3.8, 4) is 0 Å². The van der Waals surface area contributed by atoms with E-state index < -0.39 is 35.6 Å². The Balaban J connectivity index is 0.000000202. The van der Waals surface area contributed by atoms with E-state index >= 15 is 0 Å². The zero-order chi connectivity index (χ0) is 36.9. The Kier molecular flexibility index (Phi) is 13.6. The minimum atomic E-state index is -4.38. The number of halogens is 5. The molecule has 13 heteroatoms. The van der Waals surface area contributed by atoms with Crippen LogP contribution in [0.5, 0.6) is 0 Å². The lowest BCUT2D eigenvalue weighted by Crippen LogP contribution is -2.15. The van der Waals surface area contributed by atoms with Gasteiger partial charge in [0.05, 0.1) is 18.8 Å². The average Bonchev–Trinajstić information content (AvgIpc) is 3.87. The summed E-state index contributed by atoms with van der Waals surface area (Å²) in [4.78, 5) is 23.6. The molecule has 0 bridgehead atoms. The summed E-state index contributed by atoms with van der Waals surface area (Å²) in [5.41, 5.74) is 3.66. The maximum atomic E-state index is 13.5. The number of carbonyl (C=O) groups excluding carboxylic acids is 2. The van der Waals surface area contributed by atoms with Crippen LogP contribution in [0, 0.1) is 11.6 Å². The molecule has 4 aromatic carbocycles. The number of hydrogen-bond donors (Lipinski definition) is 4. The molecule has 2 aliphatic rings. The van der Waals surface area contributed by atoms with Gasteiger partial charge < -0.3 is 20.1 Å². The Morgan fingerprint density at radius 2 is 1.23 bits per heavy atom. The van der Waals surface area contributed by atoms with Gasteiger partial charge in [-0.05, 0) is 109 Å². The summed E-state index contributed by atoms with van der Waals surface area (Å²) in [5.74, 6) is -0.0126. The predicted molar refractivity (Wildman–Crippen MR) is 188 cm³/mol. The van der Waals surface area contributed by atoms with Crippen molar-refractivity contribution in [1.29, 1.82) is 0 Å². The highest BCUT2D eigenvalue weighted by Gasteiger charge is 2.30. The summed E-state index contributed by atoms with van der Waals surface area (Å²) in [6, 6.07) is 23.5. The Labute approximate surface area is 299 Å². The van der Waals surface area contributed by atoms with Gasteiger partial charge >= 0.3 is 18.4 Å². The summed E-state index contributed by atoms with van der Waals surface area (Å²) < 4.78 is 74.7. The van der Waals surface area contributed by atoms with E-state index in [1.54, 1.807) is 6.07 Å². The van der Waals surface area contributed by atoms with Crippen molar-refractivity contribution >= 4 is 23.6 Å². The average molecular weight is 725 g/mol. The highest BCUT2D eigenvalue weighted by Crippen LogP contribution is 2.30. The lowest BCUT2D eigenvalue weighted by atomic mass is 9.98. The topological polar surface area (TPSA) is 101 Å². The van der Waals surface area contributed by atoms with Gasteiger partial charge in [0.15, 0.2) is 0 Å². The molecule has 2 heterocycles. The Morgan fingerprint density at radius 1 is 0.692 bits per heavy atom. The molecule has 0 saturated carbocycles. The molecule has 2 unspecified atom stereocenters. The fourth-order valence-electron chi connectivity index (χ4n) is 6.02. The van der Waals surface area contributed by atoms with Gasteiger partial charge in [0.1, 0.15) is 11.6 Å². The molecule has 4 N–H and O–H groups in total. The molecule has 2 fully saturated rings. The molecule has 0 aliphatic carbocycles. The van der Waals surface area contributed by atoms with Gasteiger partial charge in [-0.2, -0.15) is 13.2 Å². The number of anilines is 2. The molecule has 276 valence electrons. The van der Waals surface area contributed by atoms with Crippen molar-refractivity contribution in [2.75, 3.05) is 50.0 Å². The molecular formula is C39H41F5N4O4. The van der Waals surface area contributed by atoms with Gasteiger partial charge in [-0.25, -0.2) is 18.4 Å². The molecule has 2 saturated heterocycles. The third-order valence-electron chi connectivity index (χ3n) is 8.87. The smallest absolute Gasteiger partial charge is 0.416 e. The van der Waals surface area contributed by atoms with Crippen LogP contribution in [0.1, 0.15) is 52.5 Å². The van der Waals surface area contributed by atoms with Gasteiger partial charge in [0, 0.05) is 37.3 Å². The molecule has 0 spiro atoms. The molecule has 6 rings (SSSR count). The third-order valence-corrected chi connectivity index (χ3v) is 8.87. The Morgan fingerprint density at radius 3 is 1.73 bits per heavy atom. The van der Waals surface area contributed by atoms with Crippen LogP contribution in [0.2, 0.25) is 0 Å². The van der Waals surface area contributed by atoms with Gasteiger partial charge in [-0.1, -0.05) is 42.5 Å². The van der Waals surface area contributed by atoms with Crippen LogP contribution in [0.3, 0.4) is 0 Å². The minimum absolute atomic E-state index is 0.00102. The summed E-state index contributed by atoms with van der Waals surface area (Å²) in [6.07, 6.45) is -3.08. The second kappa shape index (κ2) is 18.5. The molecule has 2 aliphatic heterocycles. The summed E-state index contributed by atoms with van der Waals surface area (Å²) in [7, 11) is 0. The molecule has 52 heavy (non-hydrogen) atoms. The van der Waals surface area contributed by atoms with Crippen molar-refractivity contribution in [3.63, 3.8) is 0 Å². The van der Waals surface area contributed by atoms with Gasteiger partial charge in [0.2, 0.25) is 0 Å². The minimum Gasteiger partial charge on any atom is -0.449 e. The van der Waals surface area contributed by atoms with E-state index in [0.717, 1.165) is 69.4 Å². The highest BCUT2D eigenvalue weighted by molar-refractivity contribution is 5.85. The maximum Gasteiger partial charge on any atom is 0.416 e. The van der Waals surface area contributed by atoms with E-state index in [-0.39, 0.29) is 31.6 Å². The standard InChI is InChI=1S/C20H21F3N2O2.C19H20F2N2O2/c21-20(22,23)17-3-1-2-14(12-17)9-11-27-19(26)25-18-6-4-15(5-7-18)16-8-10-24-13-16;20-16-3-6-18(21)14(11-16)8-10-25-19(24)23-17-4-1-13(2-5-17)15-7-9-22-12-15/h1-7,12,16,24H,8-11,13H2,(H,25,26);1-6,11,15,22H,7-10,12H2,(H,23,24). The van der Waals surface area contributed by atoms with Crippen LogP contribution in [0.4, 0.5) is 42.9 Å². The summed E-state index contributed by atoms with van der Waals surface area (Å²) in [5, 5.41) is 11.9. The summed E-state index contributed by atoms with van der Waals surface area (Å²) >= 11 is 0. The van der Waals surface area contributed by atoms with E-state index in [0.29, 0.717) is 28.8 Å². The zero-order valence-electron chi connectivity index (χ0n) is 28.4.